The van der Waals surface area contributed by atoms with Crippen molar-refractivity contribution in [3.05, 3.63) is 116 Å². The molecule has 6 aromatic rings. The number of halogens is 1. The smallest absolute Gasteiger partial charge is 0.195 e. The van der Waals surface area contributed by atoms with Crippen LogP contribution in [0.3, 0.4) is 0 Å². The summed E-state index contributed by atoms with van der Waals surface area (Å²) in [5.41, 5.74) is 1.34. The van der Waals surface area contributed by atoms with Crippen LogP contribution in [0, 0.1) is 6.92 Å². The van der Waals surface area contributed by atoms with Crippen molar-refractivity contribution in [1.82, 2.24) is 0 Å². The van der Waals surface area contributed by atoms with E-state index in [2.05, 4.69) is 0 Å². The zero-order chi connectivity index (χ0) is 22.2. The fourth-order valence-electron chi connectivity index (χ4n) is 3.69. The molecule has 0 aliphatic rings. The molecule has 0 saturated carbocycles. The molecule has 32 heavy (non-hydrogen) atoms. The maximum absolute atomic E-state index is 12.2. The van der Waals surface area contributed by atoms with Crippen LogP contribution in [0.2, 0.25) is 5.02 Å². The van der Waals surface area contributed by atoms with Gasteiger partial charge < -0.3 is 0 Å². The van der Waals surface area contributed by atoms with Crippen LogP contribution >= 0.6 is 34.3 Å². The van der Waals surface area contributed by atoms with E-state index in [-0.39, 0.29) is 10.9 Å². The summed E-state index contributed by atoms with van der Waals surface area (Å²) in [5.74, 6) is 0. The molecule has 2 aromatic heterocycles. The average molecular weight is 473 g/mol. The van der Waals surface area contributed by atoms with Crippen molar-refractivity contribution in [1.29, 1.82) is 0 Å². The van der Waals surface area contributed by atoms with Crippen LogP contribution < -0.4 is 10.9 Å². The number of aryl methyl sites for hydroxylation is 1. The molecule has 0 bridgehead atoms. The fourth-order valence-corrected chi connectivity index (χ4v) is 5.97. The van der Waals surface area contributed by atoms with E-state index in [0.29, 0.717) is 10.4 Å². The highest BCUT2D eigenvalue weighted by molar-refractivity contribution is 7.24. The van der Waals surface area contributed by atoms with Crippen molar-refractivity contribution in [3.8, 4) is 0 Å². The first-order valence-electron chi connectivity index (χ1n) is 10.0. The molecule has 0 spiro atoms. The standard InChI is InChI=1S/C14H10OS.C13H7ClOS/c1-9-6-7-13-11(8-9)14(15)10-4-2-3-5-12(10)16-13;14-8-5-6-12-10(7-8)13(15)9-3-1-2-4-11(9)16-12/h2-8H,1H3;1-7H. The lowest BCUT2D eigenvalue weighted by atomic mass is 10.1. The predicted molar refractivity (Wildman–Crippen MR) is 141 cm³/mol. The van der Waals surface area contributed by atoms with Gasteiger partial charge in [0.1, 0.15) is 0 Å². The Morgan fingerprint density at radius 3 is 1.62 bits per heavy atom. The Balaban J connectivity index is 0.000000135. The van der Waals surface area contributed by atoms with E-state index in [1.807, 2.05) is 85.8 Å². The SMILES string of the molecule is Cc1ccc2sc3ccccc3c(=O)c2c1.O=c1c2ccccc2sc2ccc(Cl)cc12. The number of fused-ring (bicyclic) bond motifs is 4. The van der Waals surface area contributed by atoms with Crippen molar-refractivity contribution in [2.45, 2.75) is 6.92 Å². The molecule has 0 fully saturated rings. The van der Waals surface area contributed by atoms with Gasteiger partial charge in [0.15, 0.2) is 10.9 Å². The van der Waals surface area contributed by atoms with Gasteiger partial charge in [0, 0.05) is 45.4 Å². The Hall–Kier alpha value is -3.05. The summed E-state index contributed by atoms with van der Waals surface area (Å²) >= 11 is 9.20. The van der Waals surface area contributed by atoms with Gasteiger partial charge in [-0.2, -0.15) is 0 Å². The Morgan fingerprint density at radius 1 is 0.562 bits per heavy atom. The van der Waals surface area contributed by atoms with Crippen LogP contribution in [0.1, 0.15) is 5.56 Å². The lowest BCUT2D eigenvalue weighted by Crippen LogP contribution is -2.00. The highest BCUT2D eigenvalue weighted by atomic mass is 35.5. The lowest BCUT2D eigenvalue weighted by molar-refractivity contribution is 1.51. The topological polar surface area (TPSA) is 34.1 Å². The molecular formula is C27H17ClO2S2. The molecule has 0 unspecified atom stereocenters. The maximum Gasteiger partial charge on any atom is 0.195 e. The molecule has 0 atom stereocenters. The molecule has 2 heterocycles. The Bertz CT molecular complexity index is 1620. The molecular weight excluding hydrogens is 456 g/mol. The monoisotopic (exact) mass is 472 g/mol. The van der Waals surface area contributed by atoms with Gasteiger partial charge in [-0.1, -0.05) is 47.5 Å². The second-order valence-electron chi connectivity index (χ2n) is 7.49. The van der Waals surface area contributed by atoms with E-state index >= 15 is 0 Å². The van der Waals surface area contributed by atoms with Crippen molar-refractivity contribution in [2.75, 3.05) is 0 Å². The summed E-state index contributed by atoms with van der Waals surface area (Å²) in [5, 5.41) is 3.74. The molecule has 0 aliphatic carbocycles. The van der Waals surface area contributed by atoms with E-state index in [1.165, 1.54) is 0 Å². The molecule has 5 heteroatoms. The first-order valence-corrected chi connectivity index (χ1v) is 12.1. The number of hydrogen-bond acceptors (Lipinski definition) is 4. The van der Waals surface area contributed by atoms with Gasteiger partial charge >= 0.3 is 0 Å². The van der Waals surface area contributed by atoms with Crippen LogP contribution in [0.4, 0.5) is 0 Å². The molecule has 0 radical (unpaired) electrons. The average Bonchev–Trinajstić information content (AvgIpc) is 2.81. The van der Waals surface area contributed by atoms with Crippen molar-refractivity contribution in [2.24, 2.45) is 0 Å². The van der Waals surface area contributed by atoms with Crippen molar-refractivity contribution >= 4 is 74.6 Å². The summed E-state index contributed by atoms with van der Waals surface area (Å²) in [6.07, 6.45) is 0. The van der Waals surface area contributed by atoms with Crippen LogP contribution in [0.5, 0.6) is 0 Å². The van der Waals surface area contributed by atoms with Gasteiger partial charge in [0.25, 0.3) is 0 Å². The first-order chi connectivity index (χ1) is 15.5. The summed E-state index contributed by atoms with van der Waals surface area (Å²) < 4.78 is 4.12. The molecule has 6 rings (SSSR count). The van der Waals surface area contributed by atoms with Crippen LogP contribution in [-0.2, 0) is 0 Å². The van der Waals surface area contributed by atoms with Gasteiger partial charge in [-0.3, -0.25) is 9.59 Å². The van der Waals surface area contributed by atoms with Crippen LogP contribution in [0.25, 0.3) is 40.3 Å². The lowest BCUT2D eigenvalue weighted by Gasteiger charge is -2.01. The fraction of sp³-hybridized carbons (Fsp3) is 0.0370. The summed E-state index contributed by atoms with van der Waals surface area (Å²) in [7, 11) is 0. The summed E-state index contributed by atoms with van der Waals surface area (Å²) in [6.45, 7) is 2.01. The molecule has 2 nitrogen and oxygen atoms in total. The second-order valence-corrected chi connectivity index (χ2v) is 10.1. The quantitative estimate of drug-likeness (QED) is 0.211. The van der Waals surface area contributed by atoms with E-state index < -0.39 is 0 Å². The van der Waals surface area contributed by atoms with Crippen molar-refractivity contribution < 1.29 is 0 Å². The van der Waals surface area contributed by atoms with Gasteiger partial charge in [-0.15, -0.1) is 22.7 Å². The maximum atomic E-state index is 12.2. The third kappa shape index (κ3) is 3.82. The molecule has 0 amide bonds. The predicted octanol–water partition coefficient (Wildman–Crippen LogP) is 7.79. The highest BCUT2D eigenvalue weighted by Crippen LogP contribution is 2.26. The van der Waals surface area contributed by atoms with E-state index in [1.54, 1.807) is 28.7 Å². The van der Waals surface area contributed by atoms with Crippen LogP contribution in [0.15, 0.2) is 94.5 Å². The highest BCUT2D eigenvalue weighted by Gasteiger charge is 2.06. The molecule has 156 valence electrons. The van der Waals surface area contributed by atoms with Crippen molar-refractivity contribution in [3.63, 3.8) is 0 Å². The number of hydrogen-bond donors (Lipinski definition) is 0. The van der Waals surface area contributed by atoms with Crippen LogP contribution in [-0.4, -0.2) is 0 Å². The zero-order valence-electron chi connectivity index (χ0n) is 17.1. The minimum Gasteiger partial charge on any atom is -0.289 e. The third-order valence-corrected chi connectivity index (χ3v) is 7.81. The van der Waals surface area contributed by atoms with Gasteiger partial charge in [-0.05, 0) is 61.5 Å². The second kappa shape index (κ2) is 8.47. The Labute approximate surface area is 197 Å². The minimum atomic E-state index is 0.0619. The third-order valence-electron chi connectivity index (χ3n) is 5.27. The molecule has 0 saturated heterocycles. The Morgan fingerprint density at radius 2 is 1.03 bits per heavy atom. The number of benzene rings is 4. The van der Waals surface area contributed by atoms with Gasteiger partial charge in [-0.25, -0.2) is 0 Å². The summed E-state index contributed by atoms with van der Waals surface area (Å²) in [6, 6.07) is 26.9. The van der Waals surface area contributed by atoms with E-state index in [0.717, 1.165) is 40.5 Å². The Kier molecular flexibility index (Phi) is 5.51. The van der Waals surface area contributed by atoms with E-state index in [4.69, 9.17) is 11.6 Å². The molecule has 0 N–H and O–H groups in total. The normalized spacial score (nSPS) is 11.1. The minimum absolute atomic E-state index is 0.0619. The first kappa shape index (κ1) is 20.8. The summed E-state index contributed by atoms with van der Waals surface area (Å²) in [4.78, 5) is 24.4. The molecule has 0 aliphatic heterocycles. The van der Waals surface area contributed by atoms with Gasteiger partial charge in [0.05, 0.1) is 0 Å². The number of rotatable bonds is 0. The zero-order valence-corrected chi connectivity index (χ0v) is 19.5. The molecule has 4 aromatic carbocycles. The van der Waals surface area contributed by atoms with Gasteiger partial charge in [0.2, 0.25) is 0 Å². The largest absolute Gasteiger partial charge is 0.289 e. The van der Waals surface area contributed by atoms with E-state index in [9.17, 15) is 9.59 Å².